The SMILES string of the molecule is Cc1cc(C(=O)c2cc(C(F)(F)F)ccc2F)ccc1F. The van der Waals surface area contributed by atoms with E-state index in [1.165, 1.54) is 6.92 Å². The van der Waals surface area contributed by atoms with Crippen molar-refractivity contribution in [1.82, 2.24) is 0 Å². The van der Waals surface area contributed by atoms with Crippen molar-refractivity contribution in [3.8, 4) is 0 Å². The minimum Gasteiger partial charge on any atom is -0.288 e. The maximum absolute atomic E-state index is 13.6. The number of hydrogen-bond acceptors (Lipinski definition) is 1. The molecule has 21 heavy (non-hydrogen) atoms. The zero-order valence-electron chi connectivity index (χ0n) is 10.8. The molecule has 0 radical (unpaired) electrons. The first kappa shape index (κ1) is 15.2. The highest BCUT2D eigenvalue weighted by Gasteiger charge is 2.32. The fraction of sp³-hybridized carbons (Fsp3) is 0.133. The number of halogens is 5. The molecule has 1 nitrogen and oxygen atoms in total. The molecule has 0 amide bonds. The van der Waals surface area contributed by atoms with E-state index in [0.717, 1.165) is 18.2 Å². The van der Waals surface area contributed by atoms with Crippen LogP contribution in [-0.2, 0) is 6.18 Å². The van der Waals surface area contributed by atoms with Gasteiger partial charge in [0, 0.05) is 5.56 Å². The summed E-state index contributed by atoms with van der Waals surface area (Å²) in [7, 11) is 0. The van der Waals surface area contributed by atoms with Crippen LogP contribution < -0.4 is 0 Å². The summed E-state index contributed by atoms with van der Waals surface area (Å²) in [6.07, 6.45) is -4.68. The Labute approximate surface area is 117 Å². The van der Waals surface area contributed by atoms with Gasteiger partial charge in [0.25, 0.3) is 0 Å². The fourth-order valence-electron chi connectivity index (χ4n) is 1.82. The summed E-state index contributed by atoms with van der Waals surface area (Å²) in [5, 5.41) is 0. The molecule has 2 rings (SSSR count). The molecule has 2 aromatic carbocycles. The maximum Gasteiger partial charge on any atom is 0.416 e. The first-order chi connectivity index (χ1) is 9.70. The van der Waals surface area contributed by atoms with Gasteiger partial charge in [-0.1, -0.05) is 0 Å². The molecule has 0 unspecified atom stereocenters. The van der Waals surface area contributed by atoms with E-state index < -0.39 is 34.7 Å². The van der Waals surface area contributed by atoms with Gasteiger partial charge in [0.05, 0.1) is 11.1 Å². The largest absolute Gasteiger partial charge is 0.416 e. The molecule has 6 heteroatoms. The van der Waals surface area contributed by atoms with Gasteiger partial charge in [0.15, 0.2) is 5.78 Å². The average Bonchev–Trinajstić information content (AvgIpc) is 2.40. The smallest absolute Gasteiger partial charge is 0.288 e. The van der Waals surface area contributed by atoms with Gasteiger partial charge in [-0.15, -0.1) is 0 Å². The summed E-state index contributed by atoms with van der Waals surface area (Å²) in [4.78, 5) is 12.1. The van der Waals surface area contributed by atoms with E-state index in [2.05, 4.69) is 0 Å². The number of aryl methyl sites for hydroxylation is 1. The van der Waals surface area contributed by atoms with E-state index in [0.29, 0.717) is 18.2 Å². The molecule has 0 saturated carbocycles. The van der Waals surface area contributed by atoms with Crippen molar-refractivity contribution in [3.63, 3.8) is 0 Å². The van der Waals surface area contributed by atoms with Gasteiger partial charge < -0.3 is 0 Å². The van der Waals surface area contributed by atoms with E-state index in [9.17, 15) is 26.7 Å². The summed E-state index contributed by atoms with van der Waals surface area (Å²) < 4.78 is 64.5. The van der Waals surface area contributed by atoms with E-state index in [1.54, 1.807) is 0 Å². The summed E-state index contributed by atoms with van der Waals surface area (Å²) in [5.41, 5.74) is -1.75. The lowest BCUT2D eigenvalue weighted by atomic mass is 9.99. The highest BCUT2D eigenvalue weighted by Crippen LogP contribution is 2.31. The van der Waals surface area contributed by atoms with Crippen LogP contribution in [0, 0.1) is 18.6 Å². The summed E-state index contributed by atoms with van der Waals surface area (Å²) in [5.74, 6) is -2.55. The van der Waals surface area contributed by atoms with Crippen molar-refractivity contribution in [2.75, 3.05) is 0 Å². The lowest BCUT2D eigenvalue weighted by molar-refractivity contribution is -0.137. The number of hydrogen-bond donors (Lipinski definition) is 0. The molecule has 0 N–H and O–H groups in total. The van der Waals surface area contributed by atoms with Crippen molar-refractivity contribution in [2.24, 2.45) is 0 Å². The fourth-order valence-corrected chi connectivity index (χ4v) is 1.82. The Morgan fingerprint density at radius 2 is 1.57 bits per heavy atom. The monoisotopic (exact) mass is 300 g/mol. The molecule has 0 saturated heterocycles. The highest BCUT2D eigenvalue weighted by molar-refractivity contribution is 6.09. The molecular formula is C15H9F5O. The molecular weight excluding hydrogens is 291 g/mol. The van der Waals surface area contributed by atoms with Crippen molar-refractivity contribution in [2.45, 2.75) is 13.1 Å². The number of rotatable bonds is 2. The van der Waals surface area contributed by atoms with Crippen molar-refractivity contribution < 1.29 is 26.7 Å². The molecule has 0 bridgehead atoms. The number of carbonyl (C=O) groups is 1. The third kappa shape index (κ3) is 3.09. The van der Waals surface area contributed by atoms with Crippen LogP contribution in [0.2, 0.25) is 0 Å². The second-order valence-corrected chi connectivity index (χ2v) is 4.49. The van der Waals surface area contributed by atoms with Crippen LogP contribution in [0.25, 0.3) is 0 Å². The Morgan fingerprint density at radius 3 is 2.14 bits per heavy atom. The van der Waals surface area contributed by atoms with Crippen LogP contribution >= 0.6 is 0 Å². The van der Waals surface area contributed by atoms with Crippen LogP contribution in [0.5, 0.6) is 0 Å². The second kappa shape index (κ2) is 5.27. The Balaban J connectivity index is 2.50. The zero-order chi connectivity index (χ0) is 15.8. The van der Waals surface area contributed by atoms with E-state index in [1.807, 2.05) is 0 Å². The second-order valence-electron chi connectivity index (χ2n) is 4.49. The minimum atomic E-state index is -4.68. The highest BCUT2D eigenvalue weighted by atomic mass is 19.4. The number of benzene rings is 2. The lowest BCUT2D eigenvalue weighted by Crippen LogP contribution is -2.10. The molecule has 0 aliphatic heterocycles. The Hall–Kier alpha value is -2.24. The van der Waals surface area contributed by atoms with Gasteiger partial charge in [-0.05, 0) is 48.9 Å². The number of alkyl halides is 3. The van der Waals surface area contributed by atoms with E-state index in [4.69, 9.17) is 0 Å². The summed E-state index contributed by atoms with van der Waals surface area (Å²) in [6, 6.07) is 4.88. The molecule has 110 valence electrons. The Kier molecular flexibility index (Phi) is 3.80. The minimum absolute atomic E-state index is 0.0767. The standard InChI is InChI=1S/C15H9F5O/c1-8-6-9(2-4-12(8)16)14(21)11-7-10(15(18,19)20)3-5-13(11)17/h2-7H,1H3. The topological polar surface area (TPSA) is 17.1 Å². The lowest BCUT2D eigenvalue weighted by Gasteiger charge is -2.09. The molecule has 0 aliphatic carbocycles. The molecule has 0 aliphatic rings. The Morgan fingerprint density at radius 1 is 0.952 bits per heavy atom. The number of carbonyl (C=O) groups excluding carboxylic acids is 1. The summed E-state index contributed by atoms with van der Waals surface area (Å²) >= 11 is 0. The maximum atomic E-state index is 13.6. The molecule has 0 aromatic heterocycles. The van der Waals surface area contributed by atoms with Crippen molar-refractivity contribution in [1.29, 1.82) is 0 Å². The third-order valence-electron chi connectivity index (χ3n) is 2.96. The zero-order valence-corrected chi connectivity index (χ0v) is 10.8. The first-order valence-electron chi connectivity index (χ1n) is 5.88. The third-order valence-corrected chi connectivity index (χ3v) is 2.96. The molecule has 0 spiro atoms. The average molecular weight is 300 g/mol. The van der Waals surface area contributed by atoms with Crippen LogP contribution in [0.1, 0.15) is 27.0 Å². The first-order valence-corrected chi connectivity index (χ1v) is 5.88. The molecule has 2 aromatic rings. The molecule has 0 heterocycles. The van der Waals surface area contributed by atoms with Gasteiger partial charge in [-0.3, -0.25) is 4.79 Å². The number of ketones is 1. The molecule has 0 fully saturated rings. The van der Waals surface area contributed by atoms with Crippen LogP contribution in [0.4, 0.5) is 22.0 Å². The normalized spacial score (nSPS) is 11.5. The predicted octanol–water partition coefficient (Wildman–Crippen LogP) is 4.52. The summed E-state index contributed by atoms with van der Waals surface area (Å²) in [6.45, 7) is 1.40. The van der Waals surface area contributed by atoms with Gasteiger partial charge >= 0.3 is 6.18 Å². The Bertz CT molecular complexity index is 704. The van der Waals surface area contributed by atoms with Crippen molar-refractivity contribution >= 4 is 5.78 Å². The van der Waals surface area contributed by atoms with Gasteiger partial charge in [0.2, 0.25) is 0 Å². The van der Waals surface area contributed by atoms with E-state index >= 15 is 0 Å². The van der Waals surface area contributed by atoms with Crippen LogP contribution in [-0.4, -0.2) is 5.78 Å². The van der Waals surface area contributed by atoms with Gasteiger partial charge in [0.1, 0.15) is 11.6 Å². The predicted molar refractivity (Wildman–Crippen MR) is 66.0 cm³/mol. The molecule has 0 atom stereocenters. The van der Waals surface area contributed by atoms with Crippen molar-refractivity contribution in [3.05, 3.63) is 70.3 Å². The van der Waals surface area contributed by atoms with Gasteiger partial charge in [-0.25, -0.2) is 8.78 Å². The van der Waals surface area contributed by atoms with Crippen LogP contribution in [0.15, 0.2) is 36.4 Å². The van der Waals surface area contributed by atoms with Crippen LogP contribution in [0.3, 0.4) is 0 Å². The van der Waals surface area contributed by atoms with Gasteiger partial charge in [-0.2, -0.15) is 13.2 Å². The van der Waals surface area contributed by atoms with E-state index in [-0.39, 0.29) is 11.1 Å². The quantitative estimate of drug-likeness (QED) is 0.588.